The molecule has 138 valence electrons. The van der Waals surface area contributed by atoms with Crippen molar-refractivity contribution in [1.29, 1.82) is 0 Å². The number of pyridine rings is 1. The van der Waals surface area contributed by atoms with Crippen LogP contribution in [0.1, 0.15) is 39.2 Å². The van der Waals surface area contributed by atoms with Crippen LogP contribution in [-0.4, -0.2) is 59.6 Å². The summed E-state index contributed by atoms with van der Waals surface area (Å²) in [7, 11) is 0. The van der Waals surface area contributed by atoms with Crippen LogP contribution < -0.4 is 0 Å². The molecule has 0 N–H and O–H groups in total. The van der Waals surface area contributed by atoms with Crippen LogP contribution in [0.3, 0.4) is 0 Å². The minimum absolute atomic E-state index is 0.0198. The highest BCUT2D eigenvalue weighted by Crippen LogP contribution is 2.44. The van der Waals surface area contributed by atoms with E-state index in [9.17, 15) is 4.79 Å². The summed E-state index contributed by atoms with van der Waals surface area (Å²) in [5.74, 6) is 0.361. The van der Waals surface area contributed by atoms with E-state index in [1.165, 1.54) is 5.56 Å². The Bertz CT molecular complexity index is 578. The maximum Gasteiger partial charge on any atom is 0.313 e. The minimum Gasteiger partial charge on any atom is -0.466 e. The van der Waals surface area contributed by atoms with E-state index in [1.54, 1.807) is 0 Å². The van der Waals surface area contributed by atoms with Gasteiger partial charge in [0.05, 0.1) is 12.0 Å². The molecule has 2 saturated heterocycles. The molecule has 1 aromatic rings. The Balaban J connectivity index is 1.79. The van der Waals surface area contributed by atoms with E-state index < -0.39 is 0 Å². The van der Waals surface area contributed by atoms with Crippen molar-refractivity contribution in [3.05, 3.63) is 30.1 Å². The standard InChI is InChI=1S/C20H31N3O2/c1-4-25-19(24)20-8-6-10-22(12-17-7-5-9-21-11-17)13-18(20)14-23(15-20)16(2)3/h5,7,9,11,16,18H,4,6,8,10,12-15H2,1-3H3/t18-,20-/m1/s1. The quantitative estimate of drug-likeness (QED) is 0.768. The second-order valence-corrected chi connectivity index (χ2v) is 7.80. The molecule has 0 saturated carbocycles. The first-order chi connectivity index (χ1) is 12.0. The molecule has 0 amide bonds. The lowest BCUT2D eigenvalue weighted by Crippen LogP contribution is -2.42. The monoisotopic (exact) mass is 345 g/mol. The Morgan fingerprint density at radius 3 is 2.96 bits per heavy atom. The number of esters is 1. The summed E-state index contributed by atoms with van der Waals surface area (Å²) >= 11 is 0. The summed E-state index contributed by atoms with van der Waals surface area (Å²) in [6, 6.07) is 4.59. The Morgan fingerprint density at radius 1 is 1.44 bits per heavy atom. The zero-order chi connectivity index (χ0) is 17.9. The van der Waals surface area contributed by atoms with Crippen LogP contribution in [0.4, 0.5) is 0 Å². The molecule has 0 bridgehead atoms. The predicted molar refractivity (Wildman–Crippen MR) is 98.0 cm³/mol. The van der Waals surface area contributed by atoms with Crippen molar-refractivity contribution < 1.29 is 9.53 Å². The molecular formula is C20H31N3O2. The summed E-state index contributed by atoms with van der Waals surface area (Å²) in [4.78, 5) is 22.1. The summed E-state index contributed by atoms with van der Waals surface area (Å²) in [5, 5.41) is 0. The van der Waals surface area contributed by atoms with Gasteiger partial charge in [-0.2, -0.15) is 0 Å². The van der Waals surface area contributed by atoms with E-state index in [0.717, 1.165) is 45.6 Å². The number of hydrogen-bond acceptors (Lipinski definition) is 5. The van der Waals surface area contributed by atoms with Gasteiger partial charge in [-0.15, -0.1) is 0 Å². The van der Waals surface area contributed by atoms with Gasteiger partial charge in [-0.05, 0) is 51.8 Å². The molecule has 2 atom stereocenters. The third kappa shape index (κ3) is 3.87. The molecule has 3 rings (SSSR count). The third-order valence-corrected chi connectivity index (χ3v) is 5.84. The number of hydrogen-bond donors (Lipinski definition) is 0. The van der Waals surface area contributed by atoms with Crippen molar-refractivity contribution in [2.75, 3.05) is 32.8 Å². The van der Waals surface area contributed by atoms with Gasteiger partial charge in [-0.25, -0.2) is 0 Å². The van der Waals surface area contributed by atoms with Crippen molar-refractivity contribution >= 4 is 5.97 Å². The largest absolute Gasteiger partial charge is 0.466 e. The molecule has 3 heterocycles. The van der Waals surface area contributed by atoms with Crippen molar-refractivity contribution in [1.82, 2.24) is 14.8 Å². The van der Waals surface area contributed by atoms with Gasteiger partial charge >= 0.3 is 5.97 Å². The van der Waals surface area contributed by atoms with Gasteiger partial charge in [0.25, 0.3) is 0 Å². The third-order valence-electron chi connectivity index (χ3n) is 5.84. The maximum atomic E-state index is 12.9. The Hall–Kier alpha value is -1.46. The molecule has 5 nitrogen and oxygen atoms in total. The topological polar surface area (TPSA) is 45.7 Å². The van der Waals surface area contributed by atoms with Crippen molar-refractivity contribution in [2.24, 2.45) is 11.3 Å². The SMILES string of the molecule is CCOC(=O)[C@@]12CCCN(Cc3cccnc3)C[C@@H]1CN(C(C)C)C2. The average molecular weight is 345 g/mol. The number of carbonyl (C=O) groups is 1. The van der Waals surface area contributed by atoms with E-state index in [2.05, 4.69) is 34.7 Å². The Morgan fingerprint density at radius 2 is 2.28 bits per heavy atom. The fourth-order valence-electron chi connectivity index (χ4n) is 4.45. The zero-order valence-corrected chi connectivity index (χ0v) is 15.8. The normalized spacial score (nSPS) is 27.9. The highest BCUT2D eigenvalue weighted by atomic mass is 16.5. The lowest BCUT2D eigenvalue weighted by Gasteiger charge is -2.31. The maximum absolute atomic E-state index is 12.9. The van der Waals surface area contributed by atoms with Gasteiger partial charge in [0.2, 0.25) is 0 Å². The number of likely N-dealkylation sites (tertiary alicyclic amines) is 2. The minimum atomic E-state index is -0.329. The first-order valence-corrected chi connectivity index (χ1v) is 9.57. The van der Waals surface area contributed by atoms with Crippen LogP contribution in [0.25, 0.3) is 0 Å². The summed E-state index contributed by atoms with van der Waals surface area (Å²) in [5.41, 5.74) is 0.911. The lowest BCUT2D eigenvalue weighted by molar-refractivity contribution is -0.157. The number of aromatic nitrogens is 1. The highest BCUT2D eigenvalue weighted by Gasteiger charge is 2.54. The van der Waals surface area contributed by atoms with Crippen LogP contribution in [0.2, 0.25) is 0 Å². The fraction of sp³-hybridized carbons (Fsp3) is 0.700. The van der Waals surface area contributed by atoms with Crippen molar-refractivity contribution in [3.63, 3.8) is 0 Å². The van der Waals surface area contributed by atoms with Gasteiger partial charge in [-0.3, -0.25) is 19.6 Å². The van der Waals surface area contributed by atoms with E-state index >= 15 is 0 Å². The molecule has 0 aromatic carbocycles. The van der Waals surface area contributed by atoms with Gasteiger partial charge in [0.15, 0.2) is 0 Å². The predicted octanol–water partition coefficient (Wildman–Crippen LogP) is 2.57. The number of carbonyl (C=O) groups excluding carboxylic acids is 1. The second-order valence-electron chi connectivity index (χ2n) is 7.80. The summed E-state index contributed by atoms with van der Waals surface area (Å²) in [6.45, 7) is 11.5. The highest BCUT2D eigenvalue weighted by molar-refractivity contribution is 5.78. The molecule has 0 unspecified atom stereocenters. The van der Waals surface area contributed by atoms with Gasteiger partial charge in [0, 0.05) is 50.5 Å². The molecule has 0 aliphatic carbocycles. The fourth-order valence-corrected chi connectivity index (χ4v) is 4.45. The Labute approximate surface area is 151 Å². The average Bonchev–Trinajstić information content (AvgIpc) is 2.87. The molecule has 25 heavy (non-hydrogen) atoms. The Kier molecular flexibility index (Phi) is 5.74. The molecule has 2 aliphatic heterocycles. The molecule has 2 aliphatic rings. The smallest absolute Gasteiger partial charge is 0.313 e. The van der Waals surface area contributed by atoms with Crippen LogP contribution in [0, 0.1) is 11.3 Å². The molecule has 1 aromatic heterocycles. The molecule has 5 heteroatoms. The number of ether oxygens (including phenoxy) is 1. The molecular weight excluding hydrogens is 314 g/mol. The lowest BCUT2D eigenvalue weighted by atomic mass is 9.75. The molecule has 0 spiro atoms. The summed E-state index contributed by atoms with van der Waals surface area (Å²) in [6.07, 6.45) is 5.73. The zero-order valence-electron chi connectivity index (χ0n) is 15.8. The van der Waals surface area contributed by atoms with E-state index in [4.69, 9.17) is 4.74 Å². The van der Waals surface area contributed by atoms with Crippen LogP contribution >= 0.6 is 0 Å². The first kappa shape index (κ1) is 18.3. The van der Waals surface area contributed by atoms with Crippen LogP contribution in [0.5, 0.6) is 0 Å². The van der Waals surface area contributed by atoms with Crippen molar-refractivity contribution in [2.45, 2.75) is 46.2 Å². The van der Waals surface area contributed by atoms with Crippen molar-refractivity contribution in [3.8, 4) is 0 Å². The van der Waals surface area contributed by atoms with Gasteiger partial charge in [0.1, 0.15) is 0 Å². The molecule has 0 radical (unpaired) electrons. The number of fused-ring (bicyclic) bond motifs is 1. The summed E-state index contributed by atoms with van der Waals surface area (Å²) < 4.78 is 5.53. The van der Waals surface area contributed by atoms with Gasteiger partial charge < -0.3 is 4.74 Å². The van der Waals surface area contributed by atoms with E-state index in [-0.39, 0.29) is 11.4 Å². The van der Waals surface area contributed by atoms with Gasteiger partial charge in [-0.1, -0.05) is 6.07 Å². The second kappa shape index (κ2) is 7.83. The van der Waals surface area contributed by atoms with Crippen LogP contribution in [0.15, 0.2) is 24.5 Å². The van der Waals surface area contributed by atoms with Crippen LogP contribution in [-0.2, 0) is 16.1 Å². The number of rotatable bonds is 5. The van der Waals surface area contributed by atoms with E-state index in [0.29, 0.717) is 18.6 Å². The molecule has 2 fully saturated rings. The first-order valence-electron chi connectivity index (χ1n) is 9.57. The van der Waals surface area contributed by atoms with E-state index in [1.807, 2.05) is 25.4 Å². The number of nitrogens with zero attached hydrogens (tertiary/aromatic N) is 3.